The Morgan fingerprint density at radius 1 is 1.65 bits per heavy atom. The number of hydrogen-bond acceptors (Lipinski definition) is 4. The lowest BCUT2D eigenvalue weighted by atomic mass is 10.4. The summed E-state index contributed by atoms with van der Waals surface area (Å²) in [5.41, 5.74) is 0. The number of amides is 1. The van der Waals surface area contributed by atoms with E-state index in [9.17, 15) is 4.79 Å². The van der Waals surface area contributed by atoms with Crippen LogP contribution < -0.4 is 0 Å². The first-order valence-electron chi connectivity index (χ1n) is 4.62. The van der Waals surface area contributed by atoms with Crippen LogP contribution in [0.25, 0.3) is 6.08 Å². The van der Waals surface area contributed by atoms with Crippen molar-refractivity contribution in [2.75, 3.05) is 14.1 Å². The van der Waals surface area contributed by atoms with Crippen LogP contribution in [-0.2, 0) is 4.79 Å². The Hall–Kier alpha value is -0.280. The molecule has 0 atom stereocenters. The highest BCUT2D eigenvalue weighted by Gasteiger charge is 2.30. The Balaban J connectivity index is 2.33. The highest BCUT2D eigenvalue weighted by atomic mass is 127. The van der Waals surface area contributed by atoms with Crippen molar-refractivity contribution in [1.29, 1.82) is 0 Å². The van der Waals surface area contributed by atoms with Crippen molar-refractivity contribution in [2.45, 2.75) is 0 Å². The number of halogens is 2. The molecule has 90 valence electrons. The van der Waals surface area contributed by atoms with Crippen LogP contribution in [0.15, 0.2) is 24.9 Å². The van der Waals surface area contributed by atoms with Crippen LogP contribution in [0.3, 0.4) is 0 Å². The van der Waals surface area contributed by atoms with Gasteiger partial charge in [-0.15, -0.1) is 0 Å². The Kier molecular flexibility index (Phi) is 3.99. The Morgan fingerprint density at radius 3 is 2.82 bits per heavy atom. The summed E-state index contributed by atoms with van der Waals surface area (Å²) in [6.45, 7) is 0. The van der Waals surface area contributed by atoms with E-state index in [1.165, 1.54) is 16.7 Å². The SMILES string of the molecule is CN=C1S/C(=C\c2cc(Br)c(I)o2)C(=O)N1C. The van der Waals surface area contributed by atoms with Crippen molar-refractivity contribution < 1.29 is 9.21 Å². The molecule has 17 heavy (non-hydrogen) atoms. The third-order valence-corrected chi connectivity index (χ3v) is 5.42. The highest BCUT2D eigenvalue weighted by Crippen LogP contribution is 2.32. The van der Waals surface area contributed by atoms with Gasteiger partial charge in [0.2, 0.25) is 0 Å². The largest absolute Gasteiger partial charge is 0.450 e. The van der Waals surface area contributed by atoms with Gasteiger partial charge in [-0.3, -0.25) is 14.7 Å². The summed E-state index contributed by atoms with van der Waals surface area (Å²) in [6.07, 6.45) is 1.73. The Bertz CT molecular complexity index is 519. The molecule has 0 aliphatic carbocycles. The molecular weight excluding hydrogens is 419 g/mol. The summed E-state index contributed by atoms with van der Waals surface area (Å²) >= 11 is 6.79. The molecule has 2 rings (SSSR count). The van der Waals surface area contributed by atoms with Crippen LogP contribution in [0.2, 0.25) is 0 Å². The maximum atomic E-state index is 11.9. The number of amidine groups is 1. The zero-order chi connectivity index (χ0) is 12.6. The average molecular weight is 427 g/mol. The van der Waals surface area contributed by atoms with Crippen LogP contribution in [0.1, 0.15) is 5.76 Å². The van der Waals surface area contributed by atoms with Crippen LogP contribution in [0, 0.1) is 3.77 Å². The highest BCUT2D eigenvalue weighted by molar-refractivity contribution is 14.1. The van der Waals surface area contributed by atoms with Crippen LogP contribution in [-0.4, -0.2) is 30.1 Å². The molecule has 0 aromatic carbocycles. The number of nitrogens with zero attached hydrogens (tertiary/aromatic N) is 2. The predicted molar refractivity (Wildman–Crippen MR) is 80.8 cm³/mol. The molecule has 1 fully saturated rings. The second kappa shape index (κ2) is 5.15. The van der Waals surface area contributed by atoms with Gasteiger partial charge in [-0.25, -0.2) is 0 Å². The third-order valence-electron chi connectivity index (χ3n) is 2.13. The first-order chi connectivity index (χ1) is 8.02. The second-order valence-electron chi connectivity index (χ2n) is 3.25. The number of thioether (sulfide) groups is 1. The van der Waals surface area contributed by atoms with Crippen LogP contribution in [0.5, 0.6) is 0 Å². The van der Waals surface area contributed by atoms with Gasteiger partial charge in [-0.2, -0.15) is 0 Å². The lowest BCUT2D eigenvalue weighted by molar-refractivity contribution is -0.121. The number of hydrogen-bond donors (Lipinski definition) is 0. The van der Waals surface area contributed by atoms with Gasteiger partial charge < -0.3 is 4.42 Å². The molecule has 0 unspecified atom stereocenters. The van der Waals surface area contributed by atoms with Crippen molar-refractivity contribution in [3.8, 4) is 0 Å². The van der Waals surface area contributed by atoms with Crippen LogP contribution in [0.4, 0.5) is 0 Å². The molecular formula is C10H8BrIN2O2S. The summed E-state index contributed by atoms with van der Waals surface area (Å²) in [4.78, 5) is 18.1. The molecule has 1 amide bonds. The first-order valence-corrected chi connectivity index (χ1v) is 7.31. The quantitative estimate of drug-likeness (QED) is 0.511. The monoisotopic (exact) mass is 426 g/mol. The topological polar surface area (TPSA) is 45.8 Å². The van der Waals surface area contributed by atoms with Gasteiger partial charge in [0.1, 0.15) is 5.76 Å². The second-order valence-corrected chi connectivity index (χ2v) is 6.09. The fourth-order valence-electron chi connectivity index (χ4n) is 1.31. The number of furan rings is 1. The predicted octanol–water partition coefficient (Wildman–Crippen LogP) is 3.18. The maximum Gasteiger partial charge on any atom is 0.266 e. The van der Waals surface area contributed by atoms with Gasteiger partial charge in [0.05, 0.1) is 9.38 Å². The summed E-state index contributed by atoms with van der Waals surface area (Å²) in [6, 6.07) is 1.84. The molecule has 0 spiro atoms. The standard InChI is InChI=1S/C10H8BrIN2O2S/c1-13-10-14(2)9(15)7(17-10)4-5-3-6(11)8(12)16-5/h3-4H,1-2H3/b7-4-,13-10?. The van der Waals surface area contributed by atoms with E-state index in [-0.39, 0.29) is 5.91 Å². The fourth-order valence-corrected chi connectivity index (χ4v) is 2.94. The molecule has 1 aromatic heterocycles. The molecule has 0 bridgehead atoms. The lowest BCUT2D eigenvalue weighted by Crippen LogP contribution is -2.23. The van der Waals surface area contributed by atoms with E-state index >= 15 is 0 Å². The molecule has 1 aromatic rings. The van der Waals surface area contributed by atoms with Gasteiger partial charge in [0, 0.05) is 42.8 Å². The first kappa shape index (κ1) is 13.2. The maximum absolute atomic E-state index is 11.9. The van der Waals surface area contributed by atoms with Gasteiger partial charge in [0.15, 0.2) is 8.93 Å². The van der Waals surface area contributed by atoms with Crippen molar-refractivity contribution in [1.82, 2.24) is 4.90 Å². The van der Waals surface area contributed by atoms with Crippen molar-refractivity contribution >= 4 is 67.4 Å². The van der Waals surface area contributed by atoms with E-state index < -0.39 is 0 Å². The summed E-state index contributed by atoms with van der Waals surface area (Å²) in [7, 11) is 3.38. The summed E-state index contributed by atoms with van der Waals surface area (Å²) in [5.74, 6) is 0.598. The molecule has 1 saturated heterocycles. The van der Waals surface area contributed by atoms with Gasteiger partial charge >= 0.3 is 0 Å². The van der Waals surface area contributed by atoms with E-state index in [1.807, 2.05) is 6.07 Å². The van der Waals surface area contributed by atoms with Gasteiger partial charge in [-0.1, -0.05) is 0 Å². The molecule has 1 aliphatic heterocycles. The molecule has 1 aliphatic rings. The average Bonchev–Trinajstić information content (AvgIpc) is 2.74. The minimum Gasteiger partial charge on any atom is -0.450 e. The molecule has 0 N–H and O–H groups in total. The lowest BCUT2D eigenvalue weighted by Gasteiger charge is -2.04. The third kappa shape index (κ3) is 2.60. The molecule has 7 heteroatoms. The van der Waals surface area contributed by atoms with E-state index in [1.54, 1.807) is 20.2 Å². The molecule has 0 radical (unpaired) electrons. The van der Waals surface area contributed by atoms with E-state index in [2.05, 4.69) is 43.5 Å². The molecule has 4 nitrogen and oxygen atoms in total. The van der Waals surface area contributed by atoms with Crippen molar-refractivity contribution in [3.05, 3.63) is 25.0 Å². The fraction of sp³-hybridized carbons (Fsp3) is 0.200. The normalized spacial score (nSPS) is 20.9. The number of likely N-dealkylation sites (N-methyl/N-ethyl adjacent to an activating group) is 1. The summed E-state index contributed by atoms with van der Waals surface area (Å²) in [5, 5.41) is 0.696. The molecule has 2 heterocycles. The molecule has 0 saturated carbocycles. The minimum absolute atomic E-state index is 0.0573. The van der Waals surface area contributed by atoms with Gasteiger partial charge in [0.25, 0.3) is 5.91 Å². The van der Waals surface area contributed by atoms with Crippen molar-refractivity contribution in [3.63, 3.8) is 0 Å². The van der Waals surface area contributed by atoms with E-state index in [0.29, 0.717) is 15.8 Å². The number of aliphatic imine (C=N–C) groups is 1. The van der Waals surface area contributed by atoms with Crippen molar-refractivity contribution in [2.24, 2.45) is 4.99 Å². The number of carbonyl (C=O) groups excluding carboxylic acids is 1. The smallest absolute Gasteiger partial charge is 0.266 e. The van der Waals surface area contributed by atoms with Crippen LogP contribution >= 0.6 is 50.3 Å². The zero-order valence-corrected chi connectivity index (χ0v) is 13.6. The van der Waals surface area contributed by atoms with E-state index in [4.69, 9.17) is 4.42 Å². The Labute approximate surface area is 125 Å². The minimum atomic E-state index is -0.0573. The Morgan fingerprint density at radius 2 is 2.35 bits per heavy atom. The zero-order valence-electron chi connectivity index (χ0n) is 9.03. The van der Waals surface area contributed by atoms with E-state index in [0.717, 1.165) is 8.24 Å². The number of carbonyl (C=O) groups is 1. The summed E-state index contributed by atoms with van der Waals surface area (Å²) < 4.78 is 7.12. The number of rotatable bonds is 1. The van der Waals surface area contributed by atoms with Gasteiger partial charge in [-0.05, 0) is 33.8 Å².